The predicted molar refractivity (Wildman–Crippen MR) is 107 cm³/mol. The molecule has 136 valence electrons. The van der Waals surface area contributed by atoms with Gasteiger partial charge >= 0.3 is 0 Å². The minimum absolute atomic E-state index is 0.212. The Morgan fingerprint density at radius 3 is 2.73 bits per heavy atom. The third-order valence-electron chi connectivity index (χ3n) is 5.17. The lowest BCUT2D eigenvalue weighted by molar-refractivity contribution is 0.320. The van der Waals surface area contributed by atoms with E-state index in [4.69, 9.17) is 11.6 Å². The van der Waals surface area contributed by atoms with E-state index in [1.165, 1.54) is 37.7 Å². The van der Waals surface area contributed by atoms with Gasteiger partial charge in [-0.25, -0.2) is 9.97 Å². The maximum atomic E-state index is 6.19. The Bertz CT molecular complexity index is 933. The van der Waals surface area contributed by atoms with Gasteiger partial charge in [-0.3, -0.25) is 4.98 Å². The summed E-state index contributed by atoms with van der Waals surface area (Å²) in [4.78, 5) is 17.9. The summed E-state index contributed by atoms with van der Waals surface area (Å²) in [5.74, 6) is 0.668. The standard InChI is InChI=1S/C19H21BrClN5/c1-2-12-8-14(10-22-9-12)15-16-17(25-19(21)23-15)24-18(20)26(16)11-13-6-4-3-5-7-13/h8-10,13H,2-7,11H2,1H3. The molecule has 5 nitrogen and oxygen atoms in total. The highest BCUT2D eigenvalue weighted by Gasteiger charge is 2.22. The zero-order valence-electron chi connectivity index (χ0n) is 14.8. The van der Waals surface area contributed by atoms with Gasteiger partial charge in [0.1, 0.15) is 11.2 Å². The number of imidazole rings is 1. The Balaban J connectivity index is 1.85. The Morgan fingerprint density at radius 2 is 1.96 bits per heavy atom. The number of aryl methyl sites for hydroxylation is 1. The Morgan fingerprint density at radius 1 is 1.15 bits per heavy atom. The van der Waals surface area contributed by atoms with Crippen LogP contribution in [0.3, 0.4) is 0 Å². The van der Waals surface area contributed by atoms with E-state index < -0.39 is 0 Å². The van der Waals surface area contributed by atoms with E-state index in [1.54, 1.807) is 0 Å². The van der Waals surface area contributed by atoms with Crippen molar-refractivity contribution in [3.8, 4) is 11.3 Å². The van der Waals surface area contributed by atoms with E-state index in [0.29, 0.717) is 11.6 Å². The van der Waals surface area contributed by atoms with E-state index in [0.717, 1.165) is 34.5 Å². The van der Waals surface area contributed by atoms with Crippen LogP contribution >= 0.6 is 27.5 Å². The summed E-state index contributed by atoms with van der Waals surface area (Å²) in [6.07, 6.45) is 11.2. The molecule has 0 saturated heterocycles. The molecular formula is C19H21BrClN5. The number of hydrogen-bond donors (Lipinski definition) is 0. The Hall–Kier alpha value is -1.53. The first-order valence-corrected chi connectivity index (χ1v) is 10.4. The predicted octanol–water partition coefficient (Wildman–Crippen LogP) is 5.45. The molecule has 1 fully saturated rings. The Kier molecular flexibility index (Phi) is 5.23. The van der Waals surface area contributed by atoms with Crippen LogP contribution in [0.2, 0.25) is 5.28 Å². The van der Waals surface area contributed by atoms with Gasteiger partial charge < -0.3 is 4.57 Å². The molecule has 1 saturated carbocycles. The highest BCUT2D eigenvalue weighted by atomic mass is 79.9. The quantitative estimate of drug-likeness (QED) is 0.405. The number of fused-ring (bicyclic) bond motifs is 1. The van der Waals surface area contributed by atoms with Gasteiger partial charge in [0.25, 0.3) is 0 Å². The van der Waals surface area contributed by atoms with Gasteiger partial charge in [0.05, 0.1) is 0 Å². The smallest absolute Gasteiger partial charge is 0.225 e. The molecule has 3 heterocycles. The molecule has 0 radical (unpaired) electrons. The summed E-state index contributed by atoms with van der Waals surface area (Å²) in [5.41, 5.74) is 4.49. The zero-order valence-corrected chi connectivity index (χ0v) is 17.1. The van der Waals surface area contributed by atoms with Crippen LogP contribution < -0.4 is 0 Å². The molecule has 0 aliphatic heterocycles. The first kappa shape index (κ1) is 17.9. The van der Waals surface area contributed by atoms with Gasteiger partial charge in [-0.2, -0.15) is 4.98 Å². The molecule has 0 spiro atoms. The summed E-state index contributed by atoms with van der Waals surface area (Å²) >= 11 is 9.81. The summed E-state index contributed by atoms with van der Waals surface area (Å²) in [6.45, 7) is 3.04. The fraction of sp³-hybridized carbons (Fsp3) is 0.474. The van der Waals surface area contributed by atoms with E-state index >= 15 is 0 Å². The topological polar surface area (TPSA) is 56.5 Å². The van der Waals surface area contributed by atoms with Crippen molar-refractivity contribution < 1.29 is 0 Å². The van der Waals surface area contributed by atoms with Gasteiger partial charge in [0.2, 0.25) is 5.28 Å². The lowest BCUT2D eigenvalue weighted by Gasteiger charge is -2.22. The number of rotatable bonds is 4. The van der Waals surface area contributed by atoms with Crippen LogP contribution in [0.4, 0.5) is 0 Å². The average Bonchev–Trinajstić information content (AvgIpc) is 2.97. The number of pyridine rings is 1. The van der Waals surface area contributed by atoms with Crippen LogP contribution in [0.25, 0.3) is 22.4 Å². The summed E-state index contributed by atoms with van der Waals surface area (Å²) in [7, 11) is 0. The molecule has 1 aliphatic rings. The molecule has 0 bridgehead atoms. The molecule has 1 aliphatic carbocycles. The molecule has 0 aromatic carbocycles. The molecule has 26 heavy (non-hydrogen) atoms. The number of nitrogens with zero attached hydrogens (tertiary/aromatic N) is 5. The van der Waals surface area contributed by atoms with Crippen molar-refractivity contribution in [3.05, 3.63) is 34.0 Å². The molecule has 0 amide bonds. The second kappa shape index (κ2) is 7.61. The SMILES string of the molecule is CCc1cncc(-c2nc(Cl)nc3nc(Br)n(CC4CCCCC4)c23)c1. The van der Waals surface area contributed by atoms with Crippen LogP contribution in [0.15, 0.2) is 23.2 Å². The minimum Gasteiger partial charge on any atom is -0.315 e. The number of aromatic nitrogens is 5. The van der Waals surface area contributed by atoms with Crippen LogP contribution in [-0.4, -0.2) is 24.5 Å². The van der Waals surface area contributed by atoms with Crippen molar-refractivity contribution in [2.45, 2.75) is 52.0 Å². The monoisotopic (exact) mass is 433 g/mol. The van der Waals surface area contributed by atoms with Gasteiger partial charge in [-0.1, -0.05) is 26.2 Å². The van der Waals surface area contributed by atoms with Crippen molar-refractivity contribution >= 4 is 38.7 Å². The van der Waals surface area contributed by atoms with Gasteiger partial charge in [0, 0.05) is 24.5 Å². The average molecular weight is 435 g/mol. The van der Waals surface area contributed by atoms with Gasteiger partial charge in [0.15, 0.2) is 10.4 Å². The van der Waals surface area contributed by atoms with Crippen molar-refractivity contribution in [3.63, 3.8) is 0 Å². The maximum Gasteiger partial charge on any atom is 0.225 e. The van der Waals surface area contributed by atoms with Crippen molar-refractivity contribution in [2.75, 3.05) is 0 Å². The third-order valence-corrected chi connectivity index (χ3v) is 5.95. The molecule has 3 aromatic rings. The molecule has 0 atom stereocenters. The number of halogens is 2. The van der Waals surface area contributed by atoms with Crippen molar-refractivity contribution in [1.82, 2.24) is 24.5 Å². The van der Waals surface area contributed by atoms with Crippen LogP contribution in [0, 0.1) is 5.92 Å². The maximum absolute atomic E-state index is 6.19. The highest BCUT2D eigenvalue weighted by Crippen LogP contribution is 2.33. The van der Waals surface area contributed by atoms with Gasteiger partial charge in [-0.05, 0) is 64.3 Å². The lowest BCUT2D eigenvalue weighted by atomic mass is 9.89. The number of hydrogen-bond acceptors (Lipinski definition) is 4. The van der Waals surface area contributed by atoms with E-state index in [2.05, 4.69) is 53.4 Å². The van der Waals surface area contributed by atoms with Crippen LogP contribution in [0.5, 0.6) is 0 Å². The first-order chi connectivity index (χ1) is 12.7. The second-order valence-corrected chi connectivity index (χ2v) is 7.99. The highest BCUT2D eigenvalue weighted by molar-refractivity contribution is 9.10. The molecule has 3 aromatic heterocycles. The second-order valence-electron chi connectivity index (χ2n) is 6.94. The molecular weight excluding hydrogens is 414 g/mol. The molecule has 4 rings (SSSR count). The summed E-state index contributed by atoms with van der Waals surface area (Å²) in [5, 5.41) is 0.212. The normalized spacial score (nSPS) is 15.7. The van der Waals surface area contributed by atoms with E-state index in [1.807, 2.05) is 12.4 Å². The third kappa shape index (κ3) is 3.49. The molecule has 7 heteroatoms. The lowest BCUT2D eigenvalue weighted by Crippen LogP contribution is -2.14. The van der Waals surface area contributed by atoms with Crippen molar-refractivity contribution in [2.24, 2.45) is 5.92 Å². The minimum atomic E-state index is 0.212. The first-order valence-electron chi connectivity index (χ1n) is 9.19. The molecule has 0 unspecified atom stereocenters. The summed E-state index contributed by atoms with van der Waals surface area (Å²) < 4.78 is 2.99. The van der Waals surface area contributed by atoms with E-state index in [-0.39, 0.29) is 5.28 Å². The fourth-order valence-corrected chi connectivity index (χ4v) is 4.44. The largest absolute Gasteiger partial charge is 0.315 e. The van der Waals surface area contributed by atoms with Crippen LogP contribution in [0.1, 0.15) is 44.6 Å². The van der Waals surface area contributed by atoms with Crippen molar-refractivity contribution in [1.29, 1.82) is 0 Å². The zero-order chi connectivity index (χ0) is 18.1. The van der Waals surface area contributed by atoms with Crippen LogP contribution in [-0.2, 0) is 13.0 Å². The molecule has 0 N–H and O–H groups in total. The summed E-state index contributed by atoms with van der Waals surface area (Å²) in [6, 6.07) is 2.12. The van der Waals surface area contributed by atoms with E-state index in [9.17, 15) is 0 Å². The van der Waals surface area contributed by atoms with Gasteiger partial charge in [-0.15, -0.1) is 0 Å². The fourth-order valence-electron chi connectivity index (χ4n) is 3.79. The Labute approximate surface area is 166 Å².